The summed E-state index contributed by atoms with van der Waals surface area (Å²) in [6.07, 6.45) is 2.62. The fourth-order valence-electron chi connectivity index (χ4n) is 9.55. The van der Waals surface area contributed by atoms with E-state index < -0.39 is 31.5 Å². The van der Waals surface area contributed by atoms with Gasteiger partial charge in [0, 0.05) is 54.6 Å². The second-order valence-corrected chi connectivity index (χ2v) is 20.9. The molecule has 0 saturated carbocycles. The van der Waals surface area contributed by atoms with Gasteiger partial charge in [-0.3, -0.25) is 19.2 Å². The summed E-state index contributed by atoms with van der Waals surface area (Å²) in [5, 5.41) is 22.6. The van der Waals surface area contributed by atoms with Crippen LogP contribution in [0.4, 0.5) is 17.1 Å². The van der Waals surface area contributed by atoms with E-state index in [0.717, 1.165) is 49.9 Å². The van der Waals surface area contributed by atoms with Crippen molar-refractivity contribution in [1.82, 2.24) is 15.5 Å². The molecule has 2 unspecified atom stereocenters. The number of piperidine rings is 2. The largest absolute Gasteiger partial charge is 0.432 e. The highest BCUT2D eigenvalue weighted by Gasteiger charge is 2.66. The number of hydrogen-bond acceptors (Lipinski definition) is 9. The zero-order valence-corrected chi connectivity index (χ0v) is 34.8. The molecule has 6 N–H and O–H groups in total. The van der Waals surface area contributed by atoms with Crippen LogP contribution in [-0.2, 0) is 42.6 Å². The van der Waals surface area contributed by atoms with Crippen LogP contribution in [0.15, 0.2) is 72.8 Å². The number of ether oxygens (including phenoxy) is 1. The summed E-state index contributed by atoms with van der Waals surface area (Å²) in [5.41, 5.74) is 2.14. The molecule has 0 aromatic heterocycles. The van der Waals surface area contributed by atoms with Crippen LogP contribution < -0.4 is 26.2 Å². The lowest BCUT2D eigenvalue weighted by Crippen LogP contribution is -2.46. The van der Waals surface area contributed by atoms with Gasteiger partial charge in [-0.1, -0.05) is 49.4 Å². The molecule has 6 atom stereocenters. The van der Waals surface area contributed by atoms with Gasteiger partial charge >= 0.3 is 0 Å². The van der Waals surface area contributed by atoms with Gasteiger partial charge in [0.15, 0.2) is 13.9 Å². The molecule has 0 aliphatic carbocycles. The fraction of sp³-hybridized carbons (Fsp3) is 0.500. The molecular weight excluding hydrogens is 753 g/mol. The van der Waals surface area contributed by atoms with Crippen molar-refractivity contribution in [3.05, 3.63) is 89.5 Å². The summed E-state index contributed by atoms with van der Waals surface area (Å²) in [6.45, 7) is 9.05. The van der Waals surface area contributed by atoms with Gasteiger partial charge in [-0.2, -0.15) is 0 Å². The Labute approximate surface area is 342 Å². The molecule has 4 aliphatic heterocycles. The Morgan fingerprint density at radius 3 is 2.10 bits per heavy atom. The average molecular weight is 811 g/mol. The SMILES string of the molecule is C[C@@H]1[C@@H]([Si](C)(C)O)[C@H](CC(=O)N(CCO)Cc2ccccc2)O[C@@]12C(=O)N(Cc1ccc(NC(=O)C3CCCNC3)cc1)c1ccc(NC(=O)C3CCCNC3)cc12. The first-order valence-corrected chi connectivity index (χ1v) is 23.8. The van der Waals surface area contributed by atoms with Gasteiger partial charge in [0.2, 0.25) is 17.7 Å². The summed E-state index contributed by atoms with van der Waals surface area (Å²) in [7, 11) is -3.11. The van der Waals surface area contributed by atoms with Gasteiger partial charge in [0.05, 0.1) is 43.2 Å². The lowest BCUT2D eigenvalue weighted by molar-refractivity contribution is -0.150. The topological polar surface area (TPSA) is 173 Å². The van der Waals surface area contributed by atoms with E-state index in [1.165, 1.54) is 0 Å². The van der Waals surface area contributed by atoms with E-state index >= 15 is 4.79 Å². The first-order valence-electron chi connectivity index (χ1n) is 20.8. The second kappa shape index (κ2) is 17.8. The number of nitrogens with zero attached hydrogens (tertiary/aromatic N) is 2. The van der Waals surface area contributed by atoms with Gasteiger partial charge < -0.3 is 45.7 Å². The molecule has 7 rings (SSSR count). The predicted molar refractivity (Wildman–Crippen MR) is 225 cm³/mol. The third-order valence-electron chi connectivity index (χ3n) is 12.5. The van der Waals surface area contributed by atoms with Crippen LogP contribution >= 0.6 is 0 Å². The third-order valence-corrected chi connectivity index (χ3v) is 15.0. The maximum absolute atomic E-state index is 15.2. The molecule has 13 nitrogen and oxygen atoms in total. The van der Waals surface area contributed by atoms with Gasteiger partial charge in [0.1, 0.15) is 0 Å². The van der Waals surface area contributed by atoms with Gasteiger partial charge in [0.25, 0.3) is 5.91 Å². The predicted octanol–water partition coefficient (Wildman–Crippen LogP) is 4.32. The average Bonchev–Trinajstić information content (AvgIpc) is 3.64. The van der Waals surface area contributed by atoms with Gasteiger partial charge in [-0.15, -0.1) is 0 Å². The van der Waals surface area contributed by atoms with Gasteiger partial charge in [-0.05, 0) is 93.3 Å². The fourth-order valence-corrected chi connectivity index (χ4v) is 12.1. The van der Waals surface area contributed by atoms with Crippen molar-refractivity contribution in [2.24, 2.45) is 17.8 Å². The molecule has 4 heterocycles. The number of carbonyl (C=O) groups excluding carboxylic acids is 4. The molecule has 3 aromatic carbocycles. The van der Waals surface area contributed by atoms with Crippen molar-refractivity contribution in [1.29, 1.82) is 0 Å². The van der Waals surface area contributed by atoms with Crippen molar-refractivity contribution < 1.29 is 33.8 Å². The highest BCUT2D eigenvalue weighted by molar-refractivity contribution is 6.71. The van der Waals surface area contributed by atoms with Crippen LogP contribution in [-0.4, -0.2) is 92.2 Å². The van der Waals surface area contributed by atoms with E-state index in [1.807, 2.05) is 92.8 Å². The number of aliphatic hydroxyl groups excluding tert-OH is 1. The molecule has 310 valence electrons. The summed E-state index contributed by atoms with van der Waals surface area (Å²) < 4.78 is 7.01. The van der Waals surface area contributed by atoms with Crippen molar-refractivity contribution >= 4 is 49.0 Å². The Morgan fingerprint density at radius 2 is 1.52 bits per heavy atom. The molecule has 0 radical (unpaired) electrons. The lowest BCUT2D eigenvalue weighted by atomic mass is 9.82. The van der Waals surface area contributed by atoms with Crippen LogP contribution in [0.2, 0.25) is 18.6 Å². The summed E-state index contributed by atoms with van der Waals surface area (Å²) in [6, 6.07) is 22.5. The number of hydrogen-bond donors (Lipinski definition) is 6. The lowest BCUT2D eigenvalue weighted by Gasteiger charge is -2.33. The molecule has 1 spiro atoms. The van der Waals surface area contributed by atoms with Crippen molar-refractivity contribution in [3.63, 3.8) is 0 Å². The third kappa shape index (κ3) is 8.77. The van der Waals surface area contributed by atoms with E-state index in [9.17, 15) is 24.3 Å². The minimum Gasteiger partial charge on any atom is -0.432 e. The van der Waals surface area contributed by atoms with E-state index in [-0.39, 0.29) is 61.6 Å². The highest BCUT2D eigenvalue weighted by Crippen LogP contribution is 2.60. The first kappa shape index (κ1) is 41.7. The standard InChI is InChI=1S/C44H58N6O7Si/c1-29-40(58(2,3)56)38(24-39(52)49(21-22-51)27-30-9-5-4-6-10-30)57-44(29)36-23-35(48-42(54)33-12-8-20-46-26-33)17-18-37(36)50(43(44)55)28-31-13-15-34(16-14-31)47-41(53)32-11-7-19-45-25-32/h4-6,9-10,13-18,23,29,32-33,38,40,45-46,51,56H,7-8,11-12,19-22,24-28H2,1-3H3,(H,47,53)(H,48,54)/t29-,32?,33?,38+,40-,44+/m1/s1. The van der Waals surface area contributed by atoms with Gasteiger partial charge in [-0.25, -0.2) is 0 Å². The normalized spacial score (nSPS) is 25.7. The Hall–Kier alpha value is -4.44. The van der Waals surface area contributed by atoms with E-state index in [0.29, 0.717) is 42.3 Å². The van der Waals surface area contributed by atoms with Crippen LogP contribution in [0.3, 0.4) is 0 Å². The zero-order chi connectivity index (χ0) is 41.0. The van der Waals surface area contributed by atoms with E-state index in [2.05, 4.69) is 21.3 Å². The van der Waals surface area contributed by atoms with Crippen molar-refractivity contribution in [2.75, 3.05) is 54.9 Å². The molecule has 3 saturated heterocycles. The Morgan fingerprint density at radius 1 is 0.897 bits per heavy atom. The Bertz CT molecular complexity index is 1950. The van der Waals surface area contributed by atoms with Crippen LogP contribution in [0.25, 0.3) is 0 Å². The highest BCUT2D eigenvalue weighted by atomic mass is 28.4. The molecule has 3 fully saturated rings. The van der Waals surface area contributed by atoms with Crippen LogP contribution in [0.5, 0.6) is 0 Å². The zero-order valence-electron chi connectivity index (χ0n) is 33.8. The minimum absolute atomic E-state index is 0.0157. The van der Waals surface area contributed by atoms with Crippen molar-refractivity contribution in [2.45, 2.75) is 82.5 Å². The van der Waals surface area contributed by atoms with Crippen LogP contribution in [0, 0.1) is 17.8 Å². The molecule has 0 bridgehead atoms. The van der Waals surface area contributed by atoms with E-state index in [1.54, 1.807) is 9.80 Å². The summed E-state index contributed by atoms with van der Waals surface area (Å²) >= 11 is 0. The molecule has 14 heteroatoms. The van der Waals surface area contributed by atoms with E-state index in [4.69, 9.17) is 4.74 Å². The molecule has 3 aromatic rings. The maximum atomic E-state index is 15.2. The number of amides is 4. The summed E-state index contributed by atoms with van der Waals surface area (Å²) in [5.74, 6) is -1.45. The first-order chi connectivity index (χ1) is 27.9. The number of carbonyl (C=O) groups is 4. The van der Waals surface area contributed by atoms with Crippen LogP contribution in [0.1, 0.15) is 55.7 Å². The molecule has 4 amide bonds. The number of anilines is 3. The molecule has 4 aliphatic rings. The Kier molecular flexibility index (Phi) is 12.8. The Balaban J connectivity index is 1.19. The smallest absolute Gasteiger partial charge is 0.264 e. The number of fused-ring (bicyclic) bond motifs is 2. The number of nitrogens with one attached hydrogen (secondary N) is 4. The quantitative estimate of drug-likeness (QED) is 0.138. The number of benzene rings is 3. The molecule has 58 heavy (non-hydrogen) atoms. The maximum Gasteiger partial charge on any atom is 0.264 e. The number of aliphatic hydroxyl groups is 1. The molecular formula is C44H58N6O7Si. The monoisotopic (exact) mass is 810 g/mol. The second-order valence-electron chi connectivity index (χ2n) is 17.0. The summed E-state index contributed by atoms with van der Waals surface area (Å²) in [4.78, 5) is 70.8. The van der Waals surface area contributed by atoms with Crippen molar-refractivity contribution in [3.8, 4) is 0 Å². The number of rotatable bonds is 13. The minimum atomic E-state index is -3.11.